The third-order valence-electron chi connectivity index (χ3n) is 2.80. The fourth-order valence-corrected chi connectivity index (χ4v) is 1.71. The van der Waals surface area contributed by atoms with Gasteiger partial charge in [0, 0.05) is 0 Å². The number of aldehydes is 1. The molecular weight excluding hydrogens is 264 g/mol. The van der Waals surface area contributed by atoms with Gasteiger partial charge in [-0.3, -0.25) is 4.79 Å². The summed E-state index contributed by atoms with van der Waals surface area (Å²) in [6.45, 7) is 5.38. The number of benzene rings is 2. The van der Waals surface area contributed by atoms with Gasteiger partial charge >= 0.3 is 0 Å². The minimum absolute atomic E-state index is 0.539. The Morgan fingerprint density at radius 3 is 2.43 bits per heavy atom. The molecule has 0 aliphatic heterocycles. The fraction of sp³-hybridized carbons (Fsp3) is 0.235. The molecule has 4 nitrogen and oxygen atoms in total. The molecule has 4 heteroatoms. The zero-order chi connectivity index (χ0) is 15.3. The number of ether oxygens (including phenoxy) is 1. The van der Waals surface area contributed by atoms with Crippen molar-refractivity contribution in [1.29, 1.82) is 0 Å². The molecule has 0 aliphatic rings. The topological polar surface area (TPSA) is 51.0 Å². The van der Waals surface area contributed by atoms with Crippen LogP contribution in [0.4, 0.5) is 11.4 Å². The van der Waals surface area contributed by atoms with Crippen LogP contribution in [0.3, 0.4) is 0 Å². The lowest BCUT2D eigenvalue weighted by Crippen LogP contribution is -2.29. The molecule has 108 valence electrons. The summed E-state index contributed by atoms with van der Waals surface area (Å²) in [6.07, 6.45) is 0.769. The van der Waals surface area contributed by atoms with Crippen LogP contribution in [0.5, 0.6) is 5.75 Å². The van der Waals surface area contributed by atoms with Crippen molar-refractivity contribution >= 4 is 17.7 Å². The quantitative estimate of drug-likeness (QED) is 0.586. The van der Waals surface area contributed by atoms with Crippen LogP contribution in [0.15, 0.2) is 58.8 Å². The van der Waals surface area contributed by atoms with E-state index in [0.29, 0.717) is 11.4 Å². The molecule has 2 aromatic carbocycles. The average Bonchev–Trinajstić information content (AvgIpc) is 2.48. The van der Waals surface area contributed by atoms with Gasteiger partial charge in [0.2, 0.25) is 0 Å². The summed E-state index contributed by atoms with van der Waals surface area (Å²) in [4.78, 5) is 11.0. The van der Waals surface area contributed by atoms with Crippen molar-refractivity contribution in [3.63, 3.8) is 0 Å². The Morgan fingerprint density at radius 1 is 1.05 bits per heavy atom. The van der Waals surface area contributed by atoms with Crippen molar-refractivity contribution in [3.8, 4) is 5.75 Å². The van der Waals surface area contributed by atoms with Gasteiger partial charge in [-0.05, 0) is 50.6 Å². The molecule has 0 N–H and O–H groups in total. The van der Waals surface area contributed by atoms with Gasteiger partial charge in [-0.15, -0.1) is 5.11 Å². The Labute approximate surface area is 124 Å². The van der Waals surface area contributed by atoms with Crippen molar-refractivity contribution in [2.45, 2.75) is 26.4 Å². The number of hydrogen-bond acceptors (Lipinski definition) is 4. The molecule has 0 aromatic heterocycles. The normalized spacial score (nSPS) is 11.6. The van der Waals surface area contributed by atoms with Crippen LogP contribution in [-0.2, 0) is 4.79 Å². The summed E-state index contributed by atoms with van der Waals surface area (Å²) in [5.41, 5.74) is 1.52. The van der Waals surface area contributed by atoms with E-state index in [0.717, 1.165) is 17.5 Å². The predicted octanol–water partition coefficient (Wildman–Crippen LogP) is 4.77. The van der Waals surface area contributed by atoms with Gasteiger partial charge < -0.3 is 4.74 Å². The van der Waals surface area contributed by atoms with E-state index in [9.17, 15) is 4.79 Å². The van der Waals surface area contributed by atoms with Gasteiger partial charge in [0.15, 0.2) is 11.9 Å². The molecule has 2 rings (SSSR count). The van der Waals surface area contributed by atoms with Crippen molar-refractivity contribution in [2.75, 3.05) is 0 Å². The summed E-state index contributed by atoms with van der Waals surface area (Å²) in [5, 5.41) is 8.43. The first-order valence-corrected chi connectivity index (χ1v) is 6.73. The predicted molar refractivity (Wildman–Crippen MR) is 82.6 cm³/mol. The number of hydrogen-bond donors (Lipinski definition) is 0. The maximum atomic E-state index is 11.0. The van der Waals surface area contributed by atoms with Gasteiger partial charge in [0.05, 0.1) is 5.69 Å². The zero-order valence-electron chi connectivity index (χ0n) is 12.4. The highest BCUT2D eigenvalue weighted by molar-refractivity contribution is 5.63. The maximum Gasteiger partial charge on any atom is 0.162 e. The van der Waals surface area contributed by atoms with Crippen LogP contribution in [-0.4, -0.2) is 11.9 Å². The summed E-state index contributed by atoms with van der Waals surface area (Å²) in [7, 11) is 0. The Balaban J connectivity index is 2.31. The Kier molecular flexibility index (Phi) is 4.48. The van der Waals surface area contributed by atoms with Crippen LogP contribution in [0.25, 0.3) is 0 Å². The van der Waals surface area contributed by atoms with E-state index in [1.807, 2.05) is 49.4 Å². The first-order chi connectivity index (χ1) is 10.00. The molecule has 2 aromatic rings. The molecule has 0 saturated heterocycles. The van der Waals surface area contributed by atoms with E-state index in [1.165, 1.54) is 0 Å². The second kappa shape index (κ2) is 6.31. The van der Waals surface area contributed by atoms with Crippen LogP contribution >= 0.6 is 0 Å². The molecule has 0 fully saturated rings. The SMILES string of the molecule is Cc1ccc(OC(C)(C)C=O)c(N=Nc2ccccc2)c1. The van der Waals surface area contributed by atoms with Gasteiger partial charge in [-0.2, -0.15) is 5.11 Å². The number of aryl methyl sites for hydroxylation is 1. The van der Waals surface area contributed by atoms with E-state index in [1.54, 1.807) is 19.9 Å². The molecule has 21 heavy (non-hydrogen) atoms. The summed E-state index contributed by atoms with van der Waals surface area (Å²) < 4.78 is 5.70. The molecular formula is C17H18N2O2. The van der Waals surface area contributed by atoms with Crippen LogP contribution in [0.1, 0.15) is 19.4 Å². The Bertz CT molecular complexity index is 649. The number of carbonyl (C=O) groups is 1. The van der Waals surface area contributed by atoms with E-state index in [-0.39, 0.29) is 0 Å². The zero-order valence-corrected chi connectivity index (χ0v) is 12.4. The van der Waals surface area contributed by atoms with Crippen molar-refractivity contribution in [3.05, 3.63) is 54.1 Å². The Morgan fingerprint density at radius 2 is 1.76 bits per heavy atom. The average molecular weight is 282 g/mol. The number of carbonyl (C=O) groups excluding carboxylic acids is 1. The second-order valence-corrected chi connectivity index (χ2v) is 5.33. The monoisotopic (exact) mass is 282 g/mol. The highest BCUT2D eigenvalue weighted by Gasteiger charge is 2.20. The van der Waals surface area contributed by atoms with Gasteiger partial charge in [-0.1, -0.05) is 24.3 Å². The van der Waals surface area contributed by atoms with E-state index >= 15 is 0 Å². The fourth-order valence-electron chi connectivity index (χ4n) is 1.71. The van der Waals surface area contributed by atoms with E-state index < -0.39 is 5.60 Å². The van der Waals surface area contributed by atoms with Gasteiger partial charge in [-0.25, -0.2) is 0 Å². The molecule has 0 spiro atoms. The lowest BCUT2D eigenvalue weighted by molar-refractivity contribution is -0.118. The molecule has 0 heterocycles. The molecule has 0 radical (unpaired) electrons. The maximum absolute atomic E-state index is 11.0. The van der Waals surface area contributed by atoms with Gasteiger partial charge in [0.25, 0.3) is 0 Å². The van der Waals surface area contributed by atoms with Crippen LogP contribution in [0, 0.1) is 6.92 Å². The van der Waals surface area contributed by atoms with Crippen molar-refractivity contribution < 1.29 is 9.53 Å². The van der Waals surface area contributed by atoms with E-state index in [2.05, 4.69) is 10.2 Å². The lowest BCUT2D eigenvalue weighted by Gasteiger charge is -2.20. The molecule has 0 bridgehead atoms. The highest BCUT2D eigenvalue weighted by atomic mass is 16.5. The lowest BCUT2D eigenvalue weighted by atomic mass is 10.1. The summed E-state index contributed by atoms with van der Waals surface area (Å²) in [6, 6.07) is 15.1. The standard InChI is InChI=1S/C17H18N2O2/c1-13-9-10-16(21-17(2,3)12-20)15(11-13)19-18-14-7-5-4-6-8-14/h4-12H,1-3H3. The van der Waals surface area contributed by atoms with Crippen LogP contribution < -0.4 is 4.74 Å². The molecule has 0 aliphatic carbocycles. The third-order valence-corrected chi connectivity index (χ3v) is 2.80. The first kappa shape index (κ1) is 14.9. The second-order valence-electron chi connectivity index (χ2n) is 5.33. The summed E-state index contributed by atoms with van der Waals surface area (Å²) >= 11 is 0. The minimum atomic E-state index is -0.897. The van der Waals surface area contributed by atoms with Gasteiger partial charge in [0.1, 0.15) is 11.4 Å². The molecule has 0 unspecified atom stereocenters. The number of nitrogens with zero attached hydrogens (tertiary/aromatic N) is 2. The molecule has 0 atom stereocenters. The highest BCUT2D eigenvalue weighted by Crippen LogP contribution is 2.32. The number of azo groups is 1. The largest absolute Gasteiger partial charge is 0.478 e. The Hall–Kier alpha value is -2.49. The third kappa shape index (κ3) is 4.24. The van der Waals surface area contributed by atoms with Crippen LogP contribution in [0.2, 0.25) is 0 Å². The molecule has 0 amide bonds. The number of rotatable bonds is 5. The smallest absolute Gasteiger partial charge is 0.162 e. The van der Waals surface area contributed by atoms with E-state index in [4.69, 9.17) is 4.74 Å². The molecule has 0 saturated carbocycles. The van der Waals surface area contributed by atoms with Crippen molar-refractivity contribution in [1.82, 2.24) is 0 Å². The minimum Gasteiger partial charge on any atom is -0.478 e. The van der Waals surface area contributed by atoms with Crippen molar-refractivity contribution in [2.24, 2.45) is 10.2 Å². The first-order valence-electron chi connectivity index (χ1n) is 6.73. The summed E-state index contributed by atoms with van der Waals surface area (Å²) in [5.74, 6) is 0.539.